The SMILES string of the molecule is CCC12C(N)=C(C)C(=O)N1C(C)Cc1ccccc12. The molecule has 0 aliphatic carbocycles. The molecule has 3 rings (SSSR count). The van der Waals surface area contributed by atoms with Gasteiger partial charge in [0.1, 0.15) is 5.54 Å². The Morgan fingerprint density at radius 2 is 2.11 bits per heavy atom. The van der Waals surface area contributed by atoms with Crippen LogP contribution >= 0.6 is 0 Å². The fraction of sp³-hybridized carbons (Fsp3) is 0.438. The highest BCUT2D eigenvalue weighted by Crippen LogP contribution is 2.49. The predicted molar refractivity (Wildman–Crippen MR) is 75.3 cm³/mol. The minimum atomic E-state index is -0.421. The summed E-state index contributed by atoms with van der Waals surface area (Å²) in [6, 6.07) is 8.57. The quantitative estimate of drug-likeness (QED) is 0.838. The zero-order chi connectivity index (χ0) is 13.8. The Balaban J connectivity index is 2.33. The van der Waals surface area contributed by atoms with Crippen LogP contribution in [0.25, 0.3) is 0 Å². The lowest BCUT2D eigenvalue weighted by Gasteiger charge is -2.48. The van der Waals surface area contributed by atoms with Crippen molar-refractivity contribution >= 4 is 5.91 Å². The summed E-state index contributed by atoms with van der Waals surface area (Å²) in [5.41, 5.74) is 9.92. The molecule has 0 bridgehead atoms. The van der Waals surface area contributed by atoms with Gasteiger partial charge in [-0.05, 0) is 37.8 Å². The van der Waals surface area contributed by atoms with Gasteiger partial charge in [0.2, 0.25) is 0 Å². The largest absolute Gasteiger partial charge is 0.399 e. The Kier molecular flexibility index (Phi) is 2.49. The zero-order valence-electron chi connectivity index (χ0n) is 11.7. The number of hydrogen-bond acceptors (Lipinski definition) is 2. The summed E-state index contributed by atoms with van der Waals surface area (Å²) < 4.78 is 0. The first-order valence-corrected chi connectivity index (χ1v) is 6.93. The van der Waals surface area contributed by atoms with Crippen molar-refractivity contribution in [2.45, 2.75) is 45.2 Å². The summed E-state index contributed by atoms with van der Waals surface area (Å²) in [6.45, 7) is 6.08. The van der Waals surface area contributed by atoms with E-state index < -0.39 is 5.54 Å². The van der Waals surface area contributed by atoms with E-state index in [1.54, 1.807) is 0 Å². The number of nitrogens with zero attached hydrogens (tertiary/aromatic N) is 1. The van der Waals surface area contributed by atoms with Gasteiger partial charge in [0.25, 0.3) is 5.91 Å². The number of hydrogen-bond donors (Lipinski definition) is 1. The second-order valence-corrected chi connectivity index (χ2v) is 5.64. The van der Waals surface area contributed by atoms with Crippen LogP contribution in [0, 0.1) is 0 Å². The van der Waals surface area contributed by atoms with E-state index in [1.165, 1.54) is 11.1 Å². The second kappa shape index (κ2) is 3.86. The zero-order valence-corrected chi connectivity index (χ0v) is 11.7. The standard InChI is InChI=1S/C16H20N2O/c1-4-16-13-8-6-5-7-12(13)9-10(2)18(16)15(19)11(3)14(16)17/h5-8,10H,4,9,17H2,1-3H3. The van der Waals surface area contributed by atoms with Crippen LogP contribution in [-0.2, 0) is 16.8 Å². The highest BCUT2D eigenvalue weighted by atomic mass is 16.2. The first kappa shape index (κ1) is 12.3. The summed E-state index contributed by atoms with van der Waals surface area (Å²) in [6.07, 6.45) is 1.73. The average molecular weight is 256 g/mol. The van der Waals surface area contributed by atoms with Crippen LogP contribution in [0.5, 0.6) is 0 Å². The van der Waals surface area contributed by atoms with E-state index in [4.69, 9.17) is 5.73 Å². The van der Waals surface area contributed by atoms with Gasteiger partial charge in [-0.2, -0.15) is 0 Å². The van der Waals surface area contributed by atoms with Gasteiger partial charge >= 0.3 is 0 Å². The van der Waals surface area contributed by atoms with Crippen molar-refractivity contribution in [3.63, 3.8) is 0 Å². The molecule has 0 saturated heterocycles. The fourth-order valence-electron chi connectivity index (χ4n) is 3.82. The van der Waals surface area contributed by atoms with Gasteiger partial charge in [0, 0.05) is 17.3 Å². The van der Waals surface area contributed by atoms with Gasteiger partial charge in [0.05, 0.1) is 0 Å². The van der Waals surface area contributed by atoms with Gasteiger partial charge in [-0.1, -0.05) is 31.2 Å². The Labute approximate surface area is 114 Å². The van der Waals surface area contributed by atoms with Gasteiger partial charge in [-0.15, -0.1) is 0 Å². The Bertz CT molecular complexity index is 590. The van der Waals surface area contributed by atoms with Crippen LogP contribution in [0.15, 0.2) is 35.5 Å². The van der Waals surface area contributed by atoms with Gasteiger partial charge in [0.15, 0.2) is 0 Å². The van der Waals surface area contributed by atoms with Crippen LogP contribution in [0.3, 0.4) is 0 Å². The van der Waals surface area contributed by atoms with Crippen LogP contribution in [0.4, 0.5) is 0 Å². The Morgan fingerprint density at radius 1 is 1.42 bits per heavy atom. The van der Waals surface area contributed by atoms with E-state index in [9.17, 15) is 4.79 Å². The molecular formula is C16H20N2O. The van der Waals surface area contributed by atoms with E-state index in [0.29, 0.717) is 5.57 Å². The third kappa shape index (κ3) is 1.30. The smallest absolute Gasteiger partial charge is 0.252 e. The normalized spacial score (nSPS) is 29.5. The molecule has 2 unspecified atom stereocenters. The minimum absolute atomic E-state index is 0.0985. The molecule has 2 aliphatic heterocycles. The number of rotatable bonds is 1. The summed E-state index contributed by atoms with van der Waals surface area (Å²) >= 11 is 0. The summed E-state index contributed by atoms with van der Waals surface area (Å²) in [7, 11) is 0. The highest BCUT2D eigenvalue weighted by molar-refractivity contribution is 5.98. The second-order valence-electron chi connectivity index (χ2n) is 5.64. The van der Waals surface area contributed by atoms with Gasteiger partial charge < -0.3 is 10.6 Å². The summed E-state index contributed by atoms with van der Waals surface area (Å²) in [5.74, 6) is 0.0985. The summed E-state index contributed by atoms with van der Waals surface area (Å²) in [4.78, 5) is 14.5. The fourth-order valence-corrected chi connectivity index (χ4v) is 3.82. The maximum Gasteiger partial charge on any atom is 0.252 e. The molecule has 0 spiro atoms. The van der Waals surface area contributed by atoms with Gasteiger partial charge in [-0.25, -0.2) is 0 Å². The monoisotopic (exact) mass is 256 g/mol. The Hall–Kier alpha value is -1.77. The van der Waals surface area contributed by atoms with E-state index in [-0.39, 0.29) is 11.9 Å². The molecule has 2 atom stereocenters. The van der Waals surface area contributed by atoms with Crippen LogP contribution in [-0.4, -0.2) is 16.8 Å². The average Bonchev–Trinajstić information content (AvgIpc) is 2.62. The topological polar surface area (TPSA) is 46.3 Å². The molecule has 0 fully saturated rings. The van der Waals surface area contributed by atoms with E-state index in [1.807, 2.05) is 17.9 Å². The molecule has 100 valence electrons. The number of nitrogens with two attached hydrogens (primary N) is 1. The van der Waals surface area contributed by atoms with Crippen LogP contribution in [0.2, 0.25) is 0 Å². The predicted octanol–water partition coefficient (Wildman–Crippen LogP) is 2.31. The number of carbonyl (C=O) groups is 1. The van der Waals surface area contributed by atoms with Crippen molar-refractivity contribution in [2.24, 2.45) is 5.73 Å². The first-order chi connectivity index (χ1) is 9.04. The molecule has 0 aromatic heterocycles. The lowest BCUT2D eigenvalue weighted by Crippen LogP contribution is -2.55. The minimum Gasteiger partial charge on any atom is -0.399 e. The number of carbonyl (C=O) groups excluding carboxylic acids is 1. The van der Waals surface area contributed by atoms with Crippen molar-refractivity contribution in [3.05, 3.63) is 46.7 Å². The number of amides is 1. The molecule has 19 heavy (non-hydrogen) atoms. The van der Waals surface area contributed by atoms with Crippen molar-refractivity contribution in [3.8, 4) is 0 Å². The maximum atomic E-state index is 12.5. The molecule has 0 radical (unpaired) electrons. The van der Waals surface area contributed by atoms with Crippen molar-refractivity contribution in [2.75, 3.05) is 0 Å². The molecule has 2 N–H and O–H groups in total. The van der Waals surface area contributed by atoms with Crippen molar-refractivity contribution in [1.82, 2.24) is 4.90 Å². The molecule has 0 saturated carbocycles. The Morgan fingerprint density at radius 3 is 2.79 bits per heavy atom. The first-order valence-electron chi connectivity index (χ1n) is 6.93. The maximum absolute atomic E-state index is 12.5. The molecule has 2 aliphatic rings. The van der Waals surface area contributed by atoms with Crippen LogP contribution < -0.4 is 5.73 Å². The van der Waals surface area contributed by atoms with E-state index >= 15 is 0 Å². The lowest BCUT2D eigenvalue weighted by atomic mass is 9.76. The molecule has 2 heterocycles. The molecule has 3 heteroatoms. The molecule has 1 aromatic carbocycles. The third-order valence-corrected chi connectivity index (χ3v) is 4.73. The van der Waals surface area contributed by atoms with E-state index in [0.717, 1.165) is 18.5 Å². The third-order valence-electron chi connectivity index (χ3n) is 4.73. The van der Waals surface area contributed by atoms with Crippen LogP contribution in [0.1, 0.15) is 38.3 Å². The lowest BCUT2D eigenvalue weighted by molar-refractivity contribution is -0.133. The molecular weight excluding hydrogens is 236 g/mol. The van der Waals surface area contributed by atoms with E-state index in [2.05, 4.69) is 32.0 Å². The highest BCUT2D eigenvalue weighted by Gasteiger charge is 2.53. The van der Waals surface area contributed by atoms with Crippen molar-refractivity contribution < 1.29 is 4.79 Å². The van der Waals surface area contributed by atoms with Crippen molar-refractivity contribution in [1.29, 1.82) is 0 Å². The summed E-state index contributed by atoms with van der Waals surface area (Å²) in [5, 5.41) is 0. The molecule has 1 amide bonds. The number of fused-ring (bicyclic) bond motifs is 3. The van der Waals surface area contributed by atoms with Gasteiger partial charge in [-0.3, -0.25) is 4.79 Å². The molecule has 3 nitrogen and oxygen atoms in total. The number of benzene rings is 1. The molecule has 1 aromatic rings.